The Morgan fingerprint density at radius 2 is 2.06 bits per heavy atom. The largest absolute Gasteiger partial charge is 0.314 e. The van der Waals surface area contributed by atoms with Gasteiger partial charge in [-0.1, -0.05) is 6.42 Å². The van der Waals surface area contributed by atoms with E-state index < -0.39 is 9.84 Å². The molecule has 106 valence electrons. The third-order valence-corrected chi connectivity index (χ3v) is 5.34. The van der Waals surface area contributed by atoms with Gasteiger partial charge in [0.25, 0.3) is 0 Å². The first-order valence-electron chi connectivity index (χ1n) is 7.13. The number of rotatable bonds is 5. The number of nitrogens with one attached hydrogen (secondary N) is 2. The van der Waals surface area contributed by atoms with Crippen LogP contribution in [0.1, 0.15) is 39.0 Å². The van der Waals surface area contributed by atoms with E-state index in [2.05, 4.69) is 10.6 Å². The molecule has 0 aromatic rings. The molecule has 2 aliphatic rings. The molecule has 18 heavy (non-hydrogen) atoms. The Kier molecular flexibility index (Phi) is 4.67. The minimum Gasteiger partial charge on any atom is -0.314 e. The summed E-state index contributed by atoms with van der Waals surface area (Å²) in [6.07, 6.45) is 7.62. The first-order valence-corrected chi connectivity index (χ1v) is 9.19. The van der Waals surface area contributed by atoms with Gasteiger partial charge in [0, 0.05) is 24.4 Å². The van der Waals surface area contributed by atoms with E-state index in [-0.39, 0.29) is 11.8 Å². The predicted octanol–water partition coefficient (Wildman–Crippen LogP) is 0.930. The van der Waals surface area contributed by atoms with E-state index in [1.165, 1.54) is 38.4 Å². The van der Waals surface area contributed by atoms with Crippen LogP contribution in [0.5, 0.6) is 0 Å². The number of sulfone groups is 1. The maximum Gasteiger partial charge on any atom is 0.148 e. The van der Waals surface area contributed by atoms with Crippen molar-refractivity contribution in [2.75, 3.05) is 18.6 Å². The van der Waals surface area contributed by atoms with E-state index >= 15 is 0 Å². The van der Waals surface area contributed by atoms with Gasteiger partial charge >= 0.3 is 0 Å². The molecule has 0 aromatic heterocycles. The number of hydrogen-bond donors (Lipinski definition) is 2. The molecule has 4 unspecified atom stereocenters. The Morgan fingerprint density at radius 1 is 1.28 bits per heavy atom. The summed E-state index contributed by atoms with van der Waals surface area (Å²) in [6.45, 7) is 3.13. The molecule has 0 radical (unpaired) electrons. The summed E-state index contributed by atoms with van der Waals surface area (Å²) in [5.74, 6) is 0.934. The third kappa shape index (κ3) is 3.93. The second-order valence-electron chi connectivity index (χ2n) is 6.06. The number of hydrogen-bond acceptors (Lipinski definition) is 4. The topological polar surface area (TPSA) is 58.2 Å². The van der Waals surface area contributed by atoms with Crippen LogP contribution in [0.3, 0.4) is 0 Å². The predicted molar refractivity (Wildman–Crippen MR) is 74.5 cm³/mol. The summed E-state index contributed by atoms with van der Waals surface area (Å²) in [5, 5.41) is 7.13. The highest BCUT2D eigenvalue weighted by atomic mass is 32.2. The first kappa shape index (κ1) is 14.3. The van der Waals surface area contributed by atoms with Crippen LogP contribution in [0.2, 0.25) is 0 Å². The van der Waals surface area contributed by atoms with Gasteiger partial charge in [-0.05, 0) is 45.1 Å². The van der Waals surface area contributed by atoms with Gasteiger partial charge in [-0.15, -0.1) is 0 Å². The van der Waals surface area contributed by atoms with Gasteiger partial charge in [-0.3, -0.25) is 0 Å². The minimum absolute atomic E-state index is 0.0620. The summed E-state index contributed by atoms with van der Waals surface area (Å²) in [5.41, 5.74) is 0. The van der Waals surface area contributed by atoms with Crippen molar-refractivity contribution in [3.63, 3.8) is 0 Å². The zero-order valence-electron chi connectivity index (χ0n) is 11.5. The fraction of sp³-hybridized carbons (Fsp3) is 1.00. The third-order valence-electron chi connectivity index (χ3n) is 4.24. The van der Waals surface area contributed by atoms with Gasteiger partial charge in [0.05, 0.1) is 5.75 Å². The summed E-state index contributed by atoms with van der Waals surface area (Å²) < 4.78 is 22.6. The molecule has 4 nitrogen and oxygen atoms in total. The summed E-state index contributed by atoms with van der Waals surface area (Å²) >= 11 is 0. The summed E-state index contributed by atoms with van der Waals surface area (Å²) in [6, 6.07) is 1.21. The van der Waals surface area contributed by atoms with E-state index in [0.29, 0.717) is 18.0 Å². The van der Waals surface area contributed by atoms with E-state index in [1.54, 1.807) is 0 Å². The van der Waals surface area contributed by atoms with Crippen LogP contribution in [0.25, 0.3) is 0 Å². The Bertz CT molecular complexity index is 363. The normalized spacial score (nSPS) is 34.9. The van der Waals surface area contributed by atoms with Gasteiger partial charge in [-0.25, -0.2) is 8.42 Å². The molecule has 5 heteroatoms. The molecule has 2 fully saturated rings. The highest BCUT2D eigenvalue weighted by molar-refractivity contribution is 7.90. The van der Waals surface area contributed by atoms with Gasteiger partial charge in [0.15, 0.2) is 0 Å². The lowest BCUT2D eigenvalue weighted by Gasteiger charge is -2.29. The Balaban J connectivity index is 1.87. The van der Waals surface area contributed by atoms with Crippen molar-refractivity contribution in [1.82, 2.24) is 10.6 Å². The van der Waals surface area contributed by atoms with Crippen LogP contribution in [-0.4, -0.2) is 45.1 Å². The van der Waals surface area contributed by atoms with Gasteiger partial charge in [0.2, 0.25) is 0 Å². The zero-order chi connectivity index (χ0) is 13.2. The molecule has 1 saturated carbocycles. The molecular formula is C13H26N2O2S. The fourth-order valence-electron chi connectivity index (χ4n) is 3.62. The van der Waals surface area contributed by atoms with Gasteiger partial charge in [0.1, 0.15) is 9.84 Å². The minimum atomic E-state index is -2.88. The quantitative estimate of drug-likeness (QED) is 0.783. The molecule has 0 amide bonds. The van der Waals surface area contributed by atoms with E-state index in [9.17, 15) is 8.42 Å². The molecular weight excluding hydrogens is 248 g/mol. The van der Waals surface area contributed by atoms with E-state index in [1.807, 2.05) is 6.92 Å². The maximum atomic E-state index is 11.3. The van der Waals surface area contributed by atoms with Crippen LogP contribution in [0.4, 0.5) is 0 Å². The fourth-order valence-corrected chi connectivity index (χ4v) is 4.63. The molecule has 1 aliphatic heterocycles. The lowest BCUT2D eigenvalue weighted by molar-refractivity contribution is 0.307. The van der Waals surface area contributed by atoms with Crippen molar-refractivity contribution >= 4 is 9.84 Å². The van der Waals surface area contributed by atoms with Crippen molar-refractivity contribution in [2.24, 2.45) is 5.92 Å². The lowest BCUT2D eigenvalue weighted by Crippen LogP contribution is -2.47. The standard InChI is InChI=1S/C13H26N2O2S/c1-10(9-18(2,16)17)15-13-6-3-5-11(13)12-7-4-8-14-12/h10-15H,3-9H2,1-2H3. The average molecular weight is 274 g/mol. The van der Waals surface area contributed by atoms with Crippen molar-refractivity contribution in [3.8, 4) is 0 Å². The van der Waals surface area contributed by atoms with Gasteiger partial charge in [-0.2, -0.15) is 0 Å². The molecule has 2 N–H and O–H groups in total. The SMILES string of the molecule is CC(CS(C)(=O)=O)NC1CCCC1C1CCCN1. The van der Waals surface area contributed by atoms with Gasteiger partial charge < -0.3 is 10.6 Å². The van der Waals surface area contributed by atoms with Crippen LogP contribution in [0, 0.1) is 5.92 Å². The first-order chi connectivity index (χ1) is 8.46. The van der Waals surface area contributed by atoms with E-state index in [4.69, 9.17) is 0 Å². The van der Waals surface area contributed by atoms with Crippen LogP contribution in [-0.2, 0) is 9.84 Å². The monoisotopic (exact) mass is 274 g/mol. The van der Waals surface area contributed by atoms with Crippen LogP contribution >= 0.6 is 0 Å². The smallest absolute Gasteiger partial charge is 0.148 e. The second kappa shape index (κ2) is 5.88. The molecule has 1 aliphatic carbocycles. The van der Waals surface area contributed by atoms with Crippen LogP contribution < -0.4 is 10.6 Å². The lowest BCUT2D eigenvalue weighted by atomic mass is 9.93. The summed E-state index contributed by atoms with van der Waals surface area (Å²) in [7, 11) is -2.88. The Labute approximate surface area is 111 Å². The molecule has 0 bridgehead atoms. The molecule has 0 aromatic carbocycles. The molecule has 0 spiro atoms. The highest BCUT2D eigenvalue weighted by Crippen LogP contribution is 2.32. The average Bonchev–Trinajstić information content (AvgIpc) is 2.82. The second-order valence-corrected chi connectivity index (χ2v) is 8.25. The van der Waals surface area contributed by atoms with E-state index in [0.717, 1.165) is 6.54 Å². The Hall–Kier alpha value is -0.130. The molecule has 4 atom stereocenters. The molecule has 1 heterocycles. The maximum absolute atomic E-state index is 11.3. The summed E-state index contributed by atoms with van der Waals surface area (Å²) in [4.78, 5) is 0. The van der Waals surface area contributed by atoms with Crippen molar-refractivity contribution in [2.45, 2.75) is 57.2 Å². The highest BCUT2D eigenvalue weighted by Gasteiger charge is 2.35. The van der Waals surface area contributed by atoms with Crippen molar-refractivity contribution in [3.05, 3.63) is 0 Å². The molecule has 1 saturated heterocycles. The van der Waals surface area contributed by atoms with Crippen molar-refractivity contribution < 1.29 is 8.42 Å². The molecule has 2 rings (SSSR count). The zero-order valence-corrected chi connectivity index (χ0v) is 12.3. The Morgan fingerprint density at radius 3 is 2.67 bits per heavy atom. The van der Waals surface area contributed by atoms with Crippen LogP contribution in [0.15, 0.2) is 0 Å². The van der Waals surface area contributed by atoms with Crippen molar-refractivity contribution in [1.29, 1.82) is 0 Å².